The van der Waals surface area contributed by atoms with Crippen molar-refractivity contribution in [3.05, 3.63) is 48.3 Å². The van der Waals surface area contributed by atoms with Crippen LogP contribution in [-0.4, -0.2) is 59.4 Å². The maximum absolute atomic E-state index is 14.0. The minimum Gasteiger partial charge on any atom is -0.343 e. The summed E-state index contributed by atoms with van der Waals surface area (Å²) in [5.41, 5.74) is 0.883. The van der Waals surface area contributed by atoms with Crippen LogP contribution in [0.1, 0.15) is 63.6 Å². The molecular weight excluding hydrogens is 440 g/mol. The average Bonchev–Trinajstić information content (AvgIpc) is 3.41. The Hall–Kier alpha value is -3.00. The molecule has 1 aliphatic heterocycles. The molecule has 3 atom stereocenters. The highest BCUT2D eigenvalue weighted by molar-refractivity contribution is 5.90. The zero-order chi connectivity index (χ0) is 24.8. The predicted octanol–water partition coefficient (Wildman–Crippen LogP) is 3.58. The van der Waals surface area contributed by atoms with Crippen molar-refractivity contribution in [3.63, 3.8) is 0 Å². The molecule has 4 rings (SSSR count). The van der Waals surface area contributed by atoms with Gasteiger partial charge in [-0.1, -0.05) is 31.4 Å². The summed E-state index contributed by atoms with van der Waals surface area (Å²) in [5, 5.41) is 6.10. The Labute approximate surface area is 208 Å². The van der Waals surface area contributed by atoms with Crippen LogP contribution in [0.5, 0.6) is 0 Å². The molecule has 8 nitrogen and oxygen atoms in total. The van der Waals surface area contributed by atoms with E-state index in [1.807, 2.05) is 60.2 Å². The zero-order valence-electron chi connectivity index (χ0n) is 21.1. The van der Waals surface area contributed by atoms with Gasteiger partial charge in [0.25, 0.3) is 0 Å². The lowest BCUT2D eigenvalue weighted by Gasteiger charge is -2.35. The van der Waals surface area contributed by atoms with E-state index in [-0.39, 0.29) is 29.8 Å². The highest BCUT2D eigenvalue weighted by Crippen LogP contribution is 2.35. The number of anilines is 2. The molecule has 2 fully saturated rings. The van der Waals surface area contributed by atoms with E-state index in [1.54, 1.807) is 13.2 Å². The first-order valence-electron chi connectivity index (χ1n) is 12.9. The first kappa shape index (κ1) is 25.1. The fourth-order valence-electron chi connectivity index (χ4n) is 5.26. The van der Waals surface area contributed by atoms with Gasteiger partial charge in [0.05, 0.1) is 17.8 Å². The van der Waals surface area contributed by atoms with Crippen molar-refractivity contribution < 1.29 is 9.59 Å². The quantitative estimate of drug-likeness (QED) is 0.603. The maximum atomic E-state index is 14.0. The van der Waals surface area contributed by atoms with Gasteiger partial charge in [-0.15, -0.1) is 0 Å². The van der Waals surface area contributed by atoms with Crippen molar-refractivity contribution in [2.24, 2.45) is 5.92 Å². The third-order valence-corrected chi connectivity index (χ3v) is 7.48. The summed E-state index contributed by atoms with van der Waals surface area (Å²) in [6.45, 7) is 2.51. The Balaban J connectivity index is 1.56. The number of nitrogens with zero attached hydrogens (tertiary/aromatic N) is 4. The molecule has 1 saturated carbocycles. The van der Waals surface area contributed by atoms with E-state index in [9.17, 15) is 9.59 Å². The van der Waals surface area contributed by atoms with Crippen LogP contribution in [-0.2, 0) is 9.59 Å². The van der Waals surface area contributed by atoms with Crippen LogP contribution in [0.2, 0.25) is 0 Å². The standard InChI is InChI=1S/C27H38N6O2/c1-19(28-2)26(34)31-25(20-11-5-4-6-12-20)27(35)33-18-10-14-22(33)21-13-9-16-24(30-21)32(3)23-15-7-8-17-29-23/h7-9,13,15-17,19-20,22,25,28H,4-6,10-12,14,18H2,1-3H3,(H,31,34)/t19-,22-,25?/m0/s1. The molecule has 0 bridgehead atoms. The topological polar surface area (TPSA) is 90.5 Å². The fraction of sp³-hybridized carbons (Fsp3) is 0.556. The molecule has 0 radical (unpaired) electrons. The van der Waals surface area contributed by atoms with E-state index in [4.69, 9.17) is 4.98 Å². The van der Waals surface area contributed by atoms with Crippen molar-refractivity contribution in [2.45, 2.75) is 70.0 Å². The third-order valence-electron chi connectivity index (χ3n) is 7.48. The lowest BCUT2D eigenvalue weighted by Crippen LogP contribution is -2.55. The fourth-order valence-corrected chi connectivity index (χ4v) is 5.26. The van der Waals surface area contributed by atoms with Crippen LogP contribution in [0.4, 0.5) is 11.6 Å². The number of likely N-dealkylation sites (N-methyl/N-ethyl adjacent to an activating group) is 1. The van der Waals surface area contributed by atoms with Crippen LogP contribution in [0.3, 0.4) is 0 Å². The van der Waals surface area contributed by atoms with Gasteiger partial charge in [-0.05, 0) is 69.8 Å². The molecule has 2 amide bonds. The van der Waals surface area contributed by atoms with Gasteiger partial charge >= 0.3 is 0 Å². The average molecular weight is 479 g/mol. The van der Waals surface area contributed by atoms with Gasteiger partial charge in [0.1, 0.15) is 17.7 Å². The van der Waals surface area contributed by atoms with Crippen molar-refractivity contribution in [2.75, 3.05) is 25.5 Å². The second kappa shape index (κ2) is 11.6. The van der Waals surface area contributed by atoms with Gasteiger partial charge < -0.3 is 20.4 Å². The summed E-state index contributed by atoms with van der Waals surface area (Å²) < 4.78 is 0. The molecule has 3 heterocycles. The number of amides is 2. The molecule has 2 N–H and O–H groups in total. The Morgan fingerprint density at radius 1 is 1.03 bits per heavy atom. The SMILES string of the molecule is CN[C@@H](C)C(=O)NC(C(=O)N1CCC[C@H]1c1cccc(N(C)c2ccccn2)n1)C1CCCCC1. The predicted molar refractivity (Wildman–Crippen MR) is 137 cm³/mol. The first-order chi connectivity index (χ1) is 17.0. The number of hydrogen-bond acceptors (Lipinski definition) is 6. The highest BCUT2D eigenvalue weighted by Gasteiger charge is 2.39. The summed E-state index contributed by atoms with van der Waals surface area (Å²) in [7, 11) is 3.71. The van der Waals surface area contributed by atoms with Crippen LogP contribution in [0, 0.1) is 5.92 Å². The van der Waals surface area contributed by atoms with Gasteiger partial charge in [-0.3, -0.25) is 9.59 Å². The third kappa shape index (κ3) is 5.81. The number of hydrogen-bond donors (Lipinski definition) is 2. The molecule has 2 aromatic heterocycles. The monoisotopic (exact) mass is 478 g/mol. The maximum Gasteiger partial charge on any atom is 0.246 e. The van der Waals surface area contributed by atoms with E-state index in [2.05, 4.69) is 15.6 Å². The largest absolute Gasteiger partial charge is 0.343 e. The number of carbonyl (C=O) groups excluding carboxylic acids is 2. The van der Waals surface area contributed by atoms with E-state index < -0.39 is 6.04 Å². The molecule has 188 valence electrons. The Bertz CT molecular complexity index is 994. The van der Waals surface area contributed by atoms with Crippen molar-refractivity contribution >= 4 is 23.5 Å². The van der Waals surface area contributed by atoms with Crippen LogP contribution in [0.15, 0.2) is 42.6 Å². The Morgan fingerprint density at radius 2 is 1.80 bits per heavy atom. The van der Waals surface area contributed by atoms with E-state index in [1.165, 1.54) is 6.42 Å². The minimum absolute atomic E-state index is 0.0290. The molecule has 1 saturated heterocycles. The summed E-state index contributed by atoms with van der Waals surface area (Å²) in [5.74, 6) is 1.70. The van der Waals surface area contributed by atoms with Gasteiger partial charge in [0.15, 0.2) is 0 Å². The summed E-state index contributed by atoms with van der Waals surface area (Å²) in [6, 6.07) is 10.8. The second-order valence-electron chi connectivity index (χ2n) is 9.75. The number of aromatic nitrogens is 2. The molecule has 1 unspecified atom stereocenters. The molecular formula is C27H38N6O2. The Kier molecular flexibility index (Phi) is 8.33. The van der Waals surface area contributed by atoms with E-state index in [0.29, 0.717) is 6.54 Å². The lowest BCUT2D eigenvalue weighted by atomic mass is 9.83. The zero-order valence-corrected chi connectivity index (χ0v) is 21.1. The van der Waals surface area contributed by atoms with Gasteiger partial charge in [-0.2, -0.15) is 0 Å². The van der Waals surface area contributed by atoms with Crippen LogP contribution < -0.4 is 15.5 Å². The van der Waals surface area contributed by atoms with Crippen LogP contribution in [0.25, 0.3) is 0 Å². The molecule has 2 aliphatic rings. The molecule has 8 heteroatoms. The number of nitrogens with one attached hydrogen (secondary N) is 2. The summed E-state index contributed by atoms with van der Waals surface area (Å²) in [6.07, 6.45) is 8.94. The highest BCUT2D eigenvalue weighted by atomic mass is 16.2. The molecule has 1 aliphatic carbocycles. The van der Waals surface area contributed by atoms with E-state index in [0.717, 1.165) is 55.9 Å². The normalized spacial score (nSPS) is 20.3. The van der Waals surface area contributed by atoms with Crippen molar-refractivity contribution in [3.8, 4) is 0 Å². The van der Waals surface area contributed by atoms with E-state index >= 15 is 0 Å². The number of rotatable bonds is 8. The minimum atomic E-state index is -0.487. The smallest absolute Gasteiger partial charge is 0.246 e. The molecule has 35 heavy (non-hydrogen) atoms. The molecule has 2 aromatic rings. The lowest BCUT2D eigenvalue weighted by molar-refractivity contribution is -0.139. The molecule has 0 aromatic carbocycles. The van der Waals surface area contributed by atoms with Crippen molar-refractivity contribution in [1.82, 2.24) is 25.5 Å². The van der Waals surface area contributed by atoms with Crippen molar-refractivity contribution in [1.29, 1.82) is 0 Å². The number of carbonyl (C=O) groups is 2. The first-order valence-corrected chi connectivity index (χ1v) is 12.9. The number of likely N-dealkylation sites (tertiary alicyclic amines) is 1. The molecule has 0 spiro atoms. The van der Waals surface area contributed by atoms with Crippen LogP contribution >= 0.6 is 0 Å². The number of pyridine rings is 2. The second-order valence-corrected chi connectivity index (χ2v) is 9.75. The van der Waals surface area contributed by atoms with Gasteiger partial charge in [-0.25, -0.2) is 9.97 Å². The van der Waals surface area contributed by atoms with Gasteiger partial charge in [0, 0.05) is 19.8 Å². The summed E-state index contributed by atoms with van der Waals surface area (Å²) in [4.78, 5) is 40.0. The van der Waals surface area contributed by atoms with Gasteiger partial charge in [0.2, 0.25) is 11.8 Å². The Morgan fingerprint density at radius 3 is 2.51 bits per heavy atom. The summed E-state index contributed by atoms with van der Waals surface area (Å²) >= 11 is 0.